The minimum atomic E-state index is 0.533. The van der Waals surface area contributed by atoms with E-state index in [1.165, 1.54) is 19.3 Å². The Morgan fingerprint density at radius 2 is 1.22 bits per heavy atom. The molecule has 0 aromatic carbocycles. The Balaban J connectivity index is 2.76. The highest BCUT2D eigenvalue weighted by Crippen LogP contribution is 2.52. The van der Waals surface area contributed by atoms with Crippen LogP contribution in [0.25, 0.3) is 0 Å². The standard InChI is InChI=1S/C18H36/c1-12(2)11-18(7,8)15-9-16(13(3)4)17(10-15)14(5)6/h12-17H,9-11H2,1-8H3. The number of rotatable bonds is 5. The van der Waals surface area contributed by atoms with Crippen LogP contribution in [0.5, 0.6) is 0 Å². The molecule has 2 unspecified atom stereocenters. The Hall–Kier alpha value is 0. The Labute approximate surface area is 116 Å². The van der Waals surface area contributed by atoms with E-state index in [1.54, 1.807) is 0 Å². The van der Waals surface area contributed by atoms with E-state index in [1.807, 2.05) is 0 Å². The molecule has 2 atom stereocenters. The van der Waals surface area contributed by atoms with Crippen LogP contribution in [0.15, 0.2) is 0 Å². The molecule has 18 heavy (non-hydrogen) atoms. The molecule has 0 saturated heterocycles. The number of hydrogen-bond donors (Lipinski definition) is 0. The summed E-state index contributed by atoms with van der Waals surface area (Å²) >= 11 is 0. The Kier molecular flexibility index (Phi) is 5.32. The highest BCUT2D eigenvalue weighted by atomic mass is 14.5. The van der Waals surface area contributed by atoms with Crippen molar-refractivity contribution in [3.63, 3.8) is 0 Å². The number of hydrogen-bond acceptors (Lipinski definition) is 0. The summed E-state index contributed by atoms with van der Waals surface area (Å²) in [5.41, 5.74) is 0.533. The Morgan fingerprint density at radius 3 is 1.50 bits per heavy atom. The third kappa shape index (κ3) is 3.75. The van der Waals surface area contributed by atoms with Crippen molar-refractivity contribution in [1.29, 1.82) is 0 Å². The molecule has 1 rings (SSSR count). The smallest absolute Gasteiger partial charge is 0.0323 e. The molecule has 0 bridgehead atoms. The van der Waals surface area contributed by atoms with Crippen LogP contribution in [0, 0.1) is 40.9 Å². The lowest BCUT2D eigenvalue weighted by molar-refractivity contribution is 0.164. The van der Waals surface area contributed by atoms with E-state index < -0.39 is 0 Å². The summed E-state index contributed by atoms with van der Waals surface area (Å²) in [6.07, 6.45) is 4.33. The van der Waals surface area contributed by atoms with Crippen LogP contribution in [0.4, 0.5) is 0 Å². The van der Waals surface area contributed by atoms with Crippen molar-refractivity contribution in [2.75, 3.05) is 0 Å². The molecule has 1 fully saturated rings. The SMILES string of the molecule is CC(C)CC(C)(C)C1CC(C(C)C)C(C(C)C)C1. The van der Waals surface area contributed by atoms with Gasteiger partial charge in [0.25, 0.3) is 0 Å². The molecule has 0 radical (unpaired) electrons. The first-order chi connectivity index (χ1) is 8.15. The van der Waals surface area contributed by atoms with Gasteiger partial charge in [-0.25, -0.2) is 0 Å². The Morgan fingerprint density at radius 1 is 0.833 bits per heavy atom. The molecule has 0 aromatic rings. The van der Waals surface area contributed by atoms with Crippen molar-refractivity contribution in [2.24, 2.45) is 40.9 Å². The van der Waals surface area contributed by atoms with Gasteiger partial charge in [-0.1, -0.05) is 55.4 Å². The molecule has 0 heterocycles. The zero-order valence-corrected chi connectivity index (χ0v) is 14.1. The summed E-state index contributed by atoms with van der Waals surface area (Å²) < 4.78 is 0. The van der Waals surface area contributed by atoms with E-state index in [0.717, 1.165) is 35.5 Å². The summed E-state index contributed by atoms with van der Waals surface area (Å²) in [5, 5.41) is 0. The van der Waals surface area contributed by atoms with Gasteiger partial charge in [0.05, 0.1) is 0 Å². The summed E-state index contributed by atoms with van der Waals surface area (Å²) in [6.45, 7) is 19.5. The van der Waals surface area contributed by atoms with Crippen molar-refractivity contribution in [3.05, 3.63) is 0 Å². The highest BCUT2D eigenvalue weighted by molar-refractivity contribution is 4.93. The maximum atomic E-state index is 2.51. The van der Waals surface area contributed by atoms with E-state index in [-0.39, 0.29) is 0 Å². The molecule has 0 aliphatic heterocycles. The molecule has 0 amide bonds. The fraction of sp³-hybridized carbons (Fsp3) is 1.00. The topological polar surface area (TPSA) is 0 Å². The molecule has 0 spiro atoms. The lowest BCUT2D eigenvalue weighted by Gasteiger charge is -2.34. The van der Waals surface area contributed by atoms with Crippen LogP contribution in [0.3, 0.4) is 0 Å². The van der Waals surface area contributed by atoms with Gasteiger partial charge < -0.3 is 0 Å². The predicted octanol–water partition coefficient (Wildman–Crippen LogP) is 6.01. The van der Waals surface area contributed by atoms with E-state index >= 15 is 0 Å². The summed E-state index contributed by atoms with van der Waals surface area (Å²) in [5.74, 6) is 5.41. The zero-order chi connectivity index (χ0) is 14.1. The van der Waals surface area contributed by atoms with Gasteiger partial charge in [-0.2, -0.15) is 0 Å². The third-order valence-electron chi connectivity index (χ3n) is 5.42. The van der Waals surface area contributed by atoms with Gasteiger partial charge in [0.15, 0.2) is 0 Å². The van der Waals surface area contributed by atoms with Crippen LogP contribution in [0.2, 0.25) is 0 Å². The molecule has 0 heteroatoms. The molecular formula is C18H36. The fourth-order valence-corrected chi connectivity index (χ4v) is 4.49. The summed E-state index contributed by atoms with van der Waals surface area (Å²) in [6, 6.07) is 0. The second kappa shape index (κ2) is 5.97. The second-order valence-electron chi connectivity index (χ2n) is 8.57. The molecule has 0 nitrogen and oxygen atoms in total. The van der Waals surface area contributed by atoms with Crippen LogP contribution >= 0.6 is 0 Å². The third-order valence-corrected chi connectivity index (χ3v) is 5.42. The van der Waals surface area contributed by atoms with Crippen molar-refractivity contribution < 1.29 is 0 Å². The van der Waals surface area contributed by atoms with Crippen LogP contribution in [-0.2, 0) is 0 Å². The fourth-order valence-electron chi connectivity index (χ4n) is 4.49. The average Bonchev–Trinajstić information content (AvgIpc) is 2.59. The molecular weight excluding hydrogens is 216 g/mol. The first-order valence-electron chi connectivity index (χ1n) is 8.15. The predicted molar refractivity (Wildman–Crippen MR) is 82.6 cm³/mol. The second-order valence-corrected chi connectivity index (χ2v) is 8.57. The lowest BCUT2D eigenvalue weighted by Crippen LogP contribution is -2.24. The van der Waals surface area contributed by atoms with Gasteiger partial charge in [0, 0.05) is 0 Å². The molecule has 1 aliphatic carbocycles. The normalized spacial score (nSPS) is 29.8. The van der Waals surface area contributed by atoms with Gasteiger partial charge in [-0.05, 0) is 60.2 Å². The maximum Gasteiger partial charge on any atom is -0.0323 e. The highest BCUT2D eigenvalue weighted by Gasteiger charge is 2.43. The minimum absolute atomic E-state index is 0.533. The monoisotopic (exact) mass is 252 g/mol. The van der Waals surface area contributed by atoms with Gasteiger partial charge in [0.2, 0.25) is 0 Å². The van der Waals surface area contributed by atoms with E-state index in [4.69, 9.17) is 0 Å². The largest absolute Gasteiger partial charge is 0.0628 e. The van der Waals surface area contributed by atoms with E-state index in [0.29, 0.717) is 5.41 Å². The van der Waals surface area contributed by atoms with Crippen LogP contribution in [-0.4, -0.2) is 0 Å². The first kappa shape index (κ1) is 16.1. The van der Waals surface area contributed by atoms with Crippen LogP contribution in [0.1, 0.15) is 74.7 Å². The van der Waals surface area contributed by atoms with Gasteiger partial charge in [-0.3, -0.25) is 0 Å². The molecule has 1 aliphatic rings. The zero-order valence-electron chi connectivity index (χ0n) is 14.1. The first-order valence-corrected chi connectivity index (χ1v) is 8.15. The van der Waals surface area contributed by atoms with E-state index in [9.17, 15) is 0 Å². The molecule has 0 aromatic heterocycles. The van der Waals surface area contributed by atoms with Crippen molar-refractivity contribution in [3.8, 4) is 0 Å². The maximum absolute atomic E-state index is 2.51. The van der Waals surface area contributed by atoms with Gasteiger partial charge in [0.1, 0.15) is 0 Å². The summed E-state index contributed by atoms with van der Waals surface area (Å²) in [4.78, 5) is 0. The van der Waals surface area contributed by atoms with Gasteiger partial charge in [-0.15, -0.1) is 0 Å². The van der Waals surface area contributed by atoms with Crippen LogP contribution < -0.4 is 0 Å². The van der Waals surface area contributed by atoms with Crippen molar-refractivity contribution in [2.45, 2.75) is 74.7 Å². The minimum Gasteiger partial charge on any atom is -0.0628 e. The van der Waals surface area contributed by atoms with Crippen molar-refractivity contribution in [1.82, 2.24) is 0 Å². The molecule has 108 valence electrons. The molecule has 0 N–H and O–H groups in total. The van der Waals surface area contributed by atoms with Crippen molar-refractivity contribution >= 4 is 0 Å². The average molecular weight is 252 g/mol. The molecule has 1 saturated carbocycles. The van der Waals surface area contributed by atoms with E-state index in [2.05, 4.69) is 55.4 Å². The summed E-state index contributed by atoms with van der Waals surface area (Å²) in [7, 11) is 0. The van der Waals surface area contributed by atoms with Gasteiger partial charge >= 0.3 is 0 Å². The lowest BCUT2D eigenvalue weighted by atomic mass is 9.72. The quantitative estimate of drug-likeness (QED) is 0.562. The Bertz CT molecular complexity index is 231.